The van der Waals surface area contributed by atoms with Crippen LogP contribution >= 0.6 is 0 Å². The molecule has 0 N–H and O–H groups in total. The lowest BCUT2D eigenvalue weighted by atomic mass is 9.86. The SMILES string of the molecule is COc1ccc(C(=O)Oc2ccc(C(C)(C)C)cc2C)cc1OC. The number of aryl methyl sites for hydroxylation is 1. The number of benzene rings is 2. The highest BCUT2D eigenvalue weighted by Crippen LogP contribution is 2.30. The molecule has 0 aliphatic carbocycles. The van der Waals surface area contributed by atoms with E-state index < -0.39 is 5.97 Å². The van der Waals surface area contributed by atoms with Crippen LogP contribution in [0.5, 0.6) is 17.2 Å². The average Bonchev–Trinajstić information content (AvgIpc) is 2.54. The summed E-state index contributed by atoms with van der Waals surface area (Å²) in [7, 11) is 3.08. The molecular weight excluding hydrogens is 304 g/mol. The molecule has 128 valence electrons. The molecule has 0 unspecified atom stereocenters. The van der Waals surface area contributed by atoms with Gasteiger partial charge in [0.2, 0.25) is 0 Å². The zero-order valence-corrected chi connectivity index (χ0v) is 15.1. The van der Waals surface area contributed by atoms with Crippen molar-refractivity contribution in [2.45, 2.75) is 33.1 Å². The molecule has 0 saturated heterocycles. The van der Waals surface area contributed by atoms with Crippen LogP contribution in [0.1, 0.15) is 42.3 Å². The van der Waals surface area contributed by atoms with Crippen LogP contribution < -0.4 is 14.2 Å². The molecule has 0 heterocycles. The fourth-order valence-corrected chi connectivity index (χ4v) is 2.35. The normalized spacial score (nSPS) is 11.1. The molecule has 0 atom stereocenters. The molecule has 2 aromatic rings. The predicted molar refractivity (Wildman–Crippen MR) is 94.4 cm³/mol. The number of hydrogen-bond donors (Lipinski definition) is 0. The third-order valence-electron chi connectivity index (χ3n) is 3.86. The molecule has 4 heteroatoms. The van der Waals surface area contributed by atoms with Crippen LogP contribution in [0.25, 0.3) is 0 Å². The Kier molecular flexibility index (Phi) is 5.17. The molecule has 4 nitrogen and oxygen atoms in total. The quantitative estimate of drug-likeness (QED) is 0.611. The van der Waals surface area contributed by atoms with E-state index in [9.17, 15) is 4.79 Å². The van der Waals surface area contributed by atoms with Crippen LogP contribution in [0.2, 0.25) is 0 Å². The third kappa shape index (κ3) is 3.88. The fraction of sp³-hybridized carbons (Fsp3) is 0.350. The van der Waals surface area contributed by atoms with Crippen molar-refractivity contribution in [3.8, 4) is 17.2 Å². The minimum atomic E-state index is -0.428. The van der Waals surface area contributed by atoms with Gasteiger partial charge in [0, 0.05) is 0 Å². The van der Waals surface area contributed by atoms with Crippen molar-refractivity contribution in [1.82, 2.24) is 0 Å². The van der Waals surface area contributed by atoms with Crippen molar-refractivity contribution < 1.29 is 19.0 Å². The highest BCUT2D eigenvalue weighted by molar-refractivity contribution is 5.92. The van der Waals surface area contributed by atoms with Crippen LogP contribution in [-0.4, -0.2) is 20.2 Å². The first-order chi connectivity index (χ1) is 11.3. The molecule has 0 spiro atoms. The van der Waals surface area contributed by atoms with Gasteiger partial charge in [-0.3, -0.25) is 0 Å². The topological polar surface area (TPSA) is 44.8 Å². The van der Waals surface area contributed by atoms with Gasteiger partial charge in [-0.25, -0.2) is 4.79 Å². The van der Waals surface area contributed by atoms with Crippen LogP contribution in [0, 0.1) is 6.92 Å². The zero-order valence-electron chi connectivity index (χ0n) is 15.1. The summed E-state index contributed by atoms with van der Waals surface area (Å²) < 4.78 is 15.9. The molecule has 0 aliphatic rings. The summed E-state index contributed by atoms with van der Waals surface area (Å²) in [5.41, 5.74) is 2.59. The lowest BCUT2D eigenvalue weighted by Crippen LogP contribution is -2.13. The molecule has 2 aromatic carbocycles. The number of carbonyl (C=O) groups excluding carboxylic acids is 1. The van der Waals surface area contributed by atoms with E-state index in [2.05, 4.69) is 26.8 Å². The van der Waals surface area contributed by atoms with Gasteiger partial charge in [-0.2, -0.15) is 0 Å². The lowest BCUT2D eigenvalue weighted by molar-refractivity contribution is 0.0733. The van der Waals surface area contributed by atoms with Crippen LogP contribution in [0.3, 0.4) is 0 Å². The van der Waals surface area contributed by atoms with Crippen molar-refractivity contribution in [2.24, 2.45) is 0 Å². The molecule has 0 aromatic heterocycles. The average molecular weight is 328 g/mol. The van der Waals surface area contributed by atoms with Crippen molar-refractivity contribution in [3.63, 3.8) is 0 Å². The lowest BCUT2D eigenvalue weighted by Gasteiger charge is -2.20. The Labute approximate surface area is 143 Å². The van der Waals surface area contributed by atoms with Gasteiger partial charge in [0.1, 0.15) is 5.75 Å². The van der Waals surface area contributed by atoms with Gasteiger partial charge >= 0.3 is 5.97 Å². The Morgan fingerprint density at radius 3 is 2.04 bits per heavy atom. The van der Waals surface area contributed by atoms with Crippen LogP contribution in [0.15, 0.2) is 36.4 Å². The maximum Gasteiger partial charge on any atom is 0.343 e. The van der Waals surface area contributed by atoms with Crippen LogP contribution in [0.4, 0.5) is 0 Å². The second kappa shape index (κ2) is 6.95. The van der Waals surface area contributed by atoms with E-state index in [1.807, 2.05) is 19.1 Å². The molecule has 0 fully saturated rings. The number of rotatable bonds is 4. The largest absolute Gasteiger partial charge is 0.493 e. The molecular formula is C20H24O4. The maximum absolute atomic E-state index is 12.4. The highest BCUT2D eigenvalue weighted by atomic mass is 16.5. The Morgan fingerprint density at radius 1 is 0.875 bits per heavy atom. The van der Waals surface area contributed by atoms with E-state index >= 15 is 0 Å². The van der Waals surface area contributed by atoms with Crippen molar-refractivity contribution in [3.05, 3.63) is 53.1 Å². The van der Waals surface area contributed by atoms with E-state index in [1.165, 1.54) is 12.7 Å². The zero-order chi connectivity index (χ0) is 17.9. The summed E-state index contributed by atoms with van der Waals surface area (Å²) in [6, 6.07) is 10.8. The van der Waals surface area contributed by atoms with Crippen molar-refractivity contribution in [2.75, 3.05) is 14.2 Å². The Morgan fingerprint density at radius 2 is 1.50 bits per heavy atom. The first-order valence-electron chi connectivity index (χ1n) is 7.81. The van der Waals surface area contributed by atoms with E-state index in [0.717, 1.165) is 5.56 Å². The highest BCUT2D eigenvalue weighted by Gasteiger charge is 2.17. The smallest absolute Gasteiger partial charge is 0.343 e. The van der Waals surface area contributed by atoms with E-state index in [-0.39, 0.29) is 5.41 Å². The minimum Gasteiger partial charge on any atom is -0.493 e. The molecule has 0 aliphatic heterocycles. The van der Waals surface area contributed by atoms with Crippen LogP contribution in [-0.2, 0) is 5.41 Å². The number of hydrogen-bond acceptors (Lipinski definition) is 4. The summed E-state index contributed by atoms with van der Waals surface area (Å²) in [6.07, 6.45) is 0. The fourth-order valence-electron chi connectivity index (χ4n) is 2.35. The monoisotopic (exact) mass is 328 g/mol. The number of esters is 1. The van der Waals surface area contributed by atoms with E-state index in [0.29, 0.717) is 22.8 Å². The van der Waals surface area contributed by atoms with Crippen molar-refractivity contribution >= 4 is 5.97 Å². The Balaban J connectivity index is 2.24. The van der Waals surface area contributed by atoms with E-state index in [1.54, 1.807) is 25.3 Å². The number of ether oxygens (including phenoxy) is 3. The van der Waals surface area contributed by atoms with Crippen molar-refractivity contribution in [1.29, 1.82) is 0 Å². The standard InChI is InChI=1S/C20H24O4/c1-13-11-15(20(2,3)4)8-10-16(13)24-19(21)14-7-9-17(22-5)18(12-14)23-6/h7-12H,1-6H3. The first-order valence-corrected chi connectivity index (χ1v) is 7.81. The third-order valence-corrected chi connectivity index (χ3v) is 3.86. The van der Waals surface area contributed by atoms with Gasteiger partial charge in [-0.1, -0.05) is 32.9 Å². The molecule has 2 rings (SSSR count). The summed E-state index contributed by atoms with van der Waals surface area (Å²) in [5, 5.41) is 0. The summed E-state index contributed by atoms with van der Waals surface area (Å²) in [4.78, 5) is 12.4. The Hall–Kier alpha value is -2.49. The van der Waals surface area contributed by atoms with Gasteiger partial charge in [-0.15, -0.1) is 0 Å². The second-order valence-electron chi connectivity index (χ2n) is 6.69. The molecule has 24 heavy (non-hydrogen) atoms. The van der Waals surface area contributed by atoms with Gasteiger partial charge < -0.3 is 14.2 Å². The first kappa shape index (κ1) is 17.9. The molecule has 0 saturated carbocycles. The van der Waals surface area contributed by atoms with Gasteiger partial charge in [0.25, 0.3) is 0 Å². The molecule has 0 amide bonds. The summed E-state index contributed by atoms with van der Waals surface area (Å²) in [5.74, 6) is 1.19. The predicted octanol–water partition coefficient (Wildman–Crippen LogP) is 4.53. The summed E-state index contributed by atoms with van der Waals surface area (Å²) >= 11 is 0. The molecule has 0 bridgehead atoms. The maximum atomic E-state index is 12.4. The second-order valence-corrected chi connectivity index (χ2v) is 6.69. The van der Waals surface area contributed by atoms with Gasteiger partial charge in [0.15, 0.2) is 11.5 Å². The Bertz CT molecular complexity index is 742. The van der Waals surface area contributed by atoms with E-state index in [4.69, 9.17) is 14.2 Å². The van der Waals surface area contributed by atoms with Gasteiger partial charge in [-0.05, 0) is 47.7 Å². The molecule has 0 radical (unpaired) electrons. The number of methoxy groups -OCH3 is 2. The minimum absolute atomic E-state index is 0.0522. The number of carbonyl (C=O) groups is 1. The van der Waals surface area contributed by atoms with Gasteiger partial charge in [0.05, 0.1) is 19.8 Å². The summed E-state index contributed by atoms with van der Waals surface area (Å²) in [6.45, 7) is 8.39.